The van der Waals surface area contributed by atoms with Crippen molar-refractivity contribution in [3.8, 4) is 0 Å². The van der Waals surface area contributed by atoms with Crippen LogP contribution in [0.25, 0.3) is 0 Å². The van der Waals surface area contributed by atoms with Crippen LogP contribution in [-0.2, 0) is 16.0 Å². The van der Waals surface area contributed by atoms with E-state index in [1.807, 2.05) is 0 Å². The Bertz CT molecular complexity index is 530. The smallest absolute Gasteiger partial charge is 0.331 e. The highest BCUT2D eigenvalue weighted by molar-refractivity contribution is 5.84. The normalized spacial score (nSPS) is 18.4. The maximum atomic E-state index is 13.6. The first kappa shape index (κ1) is 12.5. The molecular formula is C12H11F2NO3. The summed E-state index contributed by atoms with van der Waals surface area (Å²) in [6.45, 7) is 1.32. The highest BCUT2D eigenvalue weighted by Crippen LogP contribution is 2.32. The molecule has 0 aliphatic carbocycles. The van der Waals surface area contributed by atoms with Crippen LogP contribution in [0, 0.1) is 11.6 Å². The van der Waals surface area contributed by atoms with Crippen LogP contribution in [0.2, 0.25) is 0 Å². The minimum atomic E-state index is -1.25. The van der Waals surface area contributed by atoms with Crippen molar-refractivity contribution in [2.24, 2.45) is 0 Å². The van der Waals surface area contributed by atoms with Crippen molar-refractivity contribution in [3.63, 3.8) is 0 Å². The van der Waals surface area contributed by atoms with Crippen LogP contribution in [0.1, 0.15) is 24.1 Å². The van der Waals surface area contributed by atoms with Crippen LogP contribution < -0.4 is 0 Å². The van der Waals surface area contributed by atoms with Gasteiger partial charge in [0.1, 0.15) is 0 Å². The number of carboxylic acids is 1. The summed E-state index contributed by atoms with van der Waals surface area (Å²) in [6, 6.07) is 0.858. The summed E-state index contributed by atoms with van der Waals surface area (Å²) in [5.74, 6) is -3.69. The minimum absolute atomic E-state index is 0.0416. The van der Waals surface area contributed by atoms with Crippen LogP contribution in [0.3, 0.4) is 0 Å². The molecule has 1 aliphatic rings. The predicted molar refractivity (Wildman–Crippen MR) is 57.8 cm³/mol. The number of aliphatic carboxylic acids is 1. The van der Waals surface area contributed by atoms with Gasteiger partial charge in [-0.25, -0.2) is 13.6 Å². The maximum absolute atomic E-state index is 13.6. The number of carboxylic acid groups (broad SMARTS) is 1. The predicted octanol–water partition coefficient (Wildman–Crippen LogP) is 1.50. The van der Waals surface area contributed by atoms with E-state index in [0.29, 0.717) is 0 Å². The third-order valence-electron chi connectivity index (χ3n) is 3.08. The van der Waals surface area contributed by atoms with E-state index in [1.165, 1.54) is 13.0 Å². The fraction of sp³-hybridized carbons (Fsp3) is 0.333. The average Bonchev–Trinajstić information content (AvgIpc) is 2.32. The summed E-state index contributed by atoms with van der Waals surface area (Å²) in [5, 5.41) is 9.15. The molecule has 1 aliphatic heterocycles. The van der Waals surface area contributed by atoms with E-state index >= 15 is 0 Å². The molecule has 96 valence electrons. The van der Waals surface area contributed by atoms with Crippen LogP contribution >= 0.6 is 0 Å². The van der Waals surface area contributed by atoms with Gasteiger partial charge in [0.15, 0.2) is 17.7 Å². The fourth-order valence-electron chi connectivity index (χ4n) is 2.25. The van der Waals surface area contributed by atoms with Gasteiger partial charge in [-0.3, -0.25) is 4.79 Å². The number of rotatable bonds is 1. The number of fused-ring (bicyclic) bond motifs is 1. The highest BCUT2D eigenvalue weighted by atomic mass is 19.2. The van der Waals surface area contributed by atoms with Gasteiger partial charge >= 0.3 is 5.97 Å². The van der Waals surface area contributed by atoms with Gasteiger partial charge in [0.05, 0.1) is 0 Å². The van der Waals surface area contributed by atoms with Crippen molar-refractivity contribution in [1.82, 2.24) is 4.90 Å². The number of nitrogens with zero attached hydrogens (tertiary/aromatic N) is 1. The Morgan fingerprint density at radius 1 is 1.39 bits per heavy atom. The lowest BCUT2D eigenvalue weighted by atomic mass is 9.92. The molecule has 1 heterocycles. The number of benzene rings is 1. The Balaban J connectivity index is 2.57. The lowest BCUT2D eigenvalue weighted by molar-refractivity contribution is -0.150. The zero-order valence-electron chi connectivity index (χ0n) is 9.61. The van der Waals surface area contributed by atoms with E-state index < -0.39 is 29.6 Å². The summed E-state index contributed by atoms with van der Waals surface area (Å²) in [4.78, 5) is 23.7. The van der Waals surface area contributed by atoms with Crippen LogP contribution in [0.15, 0.2) is 12.1 Å². The zero-order chi connectivity index (χ0) is 13.4. The maximum Gasteiger partial charge on any atom is 0.331 e. The molecule has 1 aromatic carbocycles. The van der Waals surface area contributed by atoms with Gasteiger partial charge in [-0.2, -0.15) is 0 Å². The topological polar surface area (TPSA) is 57.6 Å². The van der Waals surface area contributed by atoms with E-state index in [0.717, 1.165) is 11.0 Å². The summed E-state index contributed by atoms with van der Waals surface area (Å²) in [7, 11) is 0. The molecule has 1 unspecified atom stereocenters. The Morgan fingerprint density at radius 3 is 2.61 bits per heavy atom. The summed E-state index contributed by atoms with van der Waals surface area (Å²) >= 11 is 0. The molecule has 0 spiro atoms. The molecule has 0 saturated carbocycles. The SMILES string of the molecule is CC(=O)N1CCc2c(ccc(F)c2F)C1C(=O)O. The summed E-state index contributed by atoms with van der Waals surface area (Å²) in [6.07, 6.45) is 0.113. The van der Waals surface area contributed by atoms with Crippen LogP contribution in [0.4, 0.5) is 8.78 Å². The van der Waals surface area contributed by atoms with Gasteiger partial charge in [0.2, 0.25) is 5.91 Å². The van der Waals surface area contributed by atoms with Gasteiger partial charge in [-0.15, -0.1) is 0 Å². The van der Waals surface area contributed by atoms with Gasteiger partial charge in [-0.1, -0.05) is 6.07 Å². The molecular weight excluding hydrogens is 244 g/mol. The third kappa shape index (κ3) is 1.83. The van der Waals surface area contributed by atoms with Crippen LogP contribution in [-0.4, -0.2) is 28.4 Å². The van der Waals surface area contributed by atoms with E-state index in [1.54, 1.807) is 0 Å². The largest absolute Gasteiger partial charge is 0.479 e. The molecule has 1 N–H and O–H groups in total. The first-order valence-electron chi connectivity index (χ1n) is 5.40. The molecule has 1 atom stereocenters. The van der Waals surface area contributed by atoms with Crippen molar-refractivity contribution < 1.29 is 23.5 Å². The highest BCUT2D eigenvalue weighted by Gasteiger charge is 2.36. The third-order valence-corrected chi connectivity index (χ3v) is 3.08. The first-order valence-corrected chi connectivity index (χ1v) is 5.40. The summed E-state index contributed by atoms with van der Waals surface area (Å²) < 4.78 is 26.7. The first-order chi connectivity index (χ1) is 8.43. The molecule has 0 aromatic heterocycles. The molecule has 4 nitrogen and oxygen atoms in total. The molecule has 18 heavy (non-hydrogen) atoms. The fourth-order valence-corrected chi connectivity index (χ4v) is 2.25. The Kier molecular flexibility index (Phi) is 3.02. The second kappa shape index (κ2) is 4.36. The molecule has 0 fully saturated rings. The van der Waals surface area contributed by atoms with E-state index in [9.17, 15) is 18.4 Å². The zero-order valence-corrected chi connectivity index (χ0v) is 9.61. The molecule has 0 radical (unpaired) electrons. The Morgan fingerprint density at radius 2 is 2.06 bits per heavy atom. The van der Waals surface area contributed by atoms with Crippen molar-refractivity contribution in [2.45, 2.75) is 19.4 Å². The Hall–Kier alpha value is -1.98. The van der Waals surface area contributed by atoms with Crippen molar-refractivity contribution in [2.75, 3.05) is 6.54 Å². The van der Waals surface area contributed by atoms with Crippen LogP contribution in [0.5, 0.6) is 0 Å². The second-order valence-electron chi connectivity index (χ2n) is 4.13. The second-order valence-corrected chi connectivity index (χ2v) is 4.13. The van der Waals surface area contributed by atoms with Crippen molar-refractivity contribution >= 4 is 11.9 Å². The van der Waals surface area contributed by atoms with E-state index in [4.69, 9.17) is 5.11 Å². The standard InChI is InChI=1S/C12H11F2NO3/c1-6(16)15-5-4-7-8(11(15)12(17)18)2-3-9(13)10(7)14/h2-3,11H,4-5H2,1H3,(H,17,18). The van der Waals surface area contributed by atoms with E-state index in [-0.39, 0.29) is 24.1 Å². The lowest BCUT2D eigenvalue weighted by Gasteiger charge is -2.34. The number of hydrogen-bond acceptors (Lipinski definition) is 2. The van der Waals surface area contributed by atoms with Crippen molar-refractivity contribution in [3.05, 3.63) is 34.9 Å². The molecule has 1 aromatic rings. The summed E-state index contributed by atoms with van der Waals surface area (Å²) in [5.41, 5.74) is 0.183. The van der Waals surface area contributed by atoms with Gasteiger partial charge in [0, 0.05) is 13.5 Å². The molecule has 6 heteroatoms. The molecule has 1 amide bonds. The lowest BCUT2D eigenvalue weighted by Crippen LogP contribution is -2.42. The minimum Gasteiger partial charge on any atom is -0.479 e. The Labute approximate surface area is 102 Å². The van der Waals surface area contributed by atoms with E-state index in [2.05, 4.69) is 0 Å². The molecule has 0 saturated heterocycles. The quantitative estimate of drug-likeness (QED) is 0.827. The average molecular weight is 255 g/mol. The molecule has 0 bridgehead atoms. The monoisotopic (exact) mass is 255 g/mol. The van der Waals surface area contributed by atoms with Gasteiger partial charge in [0.25, 0.3) is 0 Å². The van der Waals surface area contributed by atoms with Crippen molar-refractivity contribution in [1.29, 1.82) is 0 Å². The number of hydrogen-bond donors (Lipinski definition) is 1. The number of carbonyl (C=O) groups excluding carboxylic acids is 1. The molecule has 2 rings (SSSR count). The van der Waals surface area contributed by atoms with Gasteiger partial charge < -0.3 is 10.0 Å². The number of amides is 1. The van der Waals surface area contributed by atoms with Gasteiger partial charge in [-0.05, 0) is 23.6 Å². The number of carbonyl (C=O) groups is 2. The number of halogens is 2.